The van der Waals surface area contributed by atoms with Gasteiger partial charge in [-0.3, -0.25) is 9.78 Å². The maximum Gasteiger partial charge on any atom is 0.260 e. The summed E-state index contributed by atoms with van der Waals surface area (Å²) in [5, 5.41) is 11.3. The number of carboxylic acid groups (broad SMARTS) is 1. The smallest absolute Gasteiger partial charge is 0.260 e. The molecule has 3 rings (SSSR count). The van der Waals surface area contributed by atoms with Gasteiger partial charge in [0.25, 0.3) is 5.91 Å². The molecular formula is C25H33N3O4. The van der Waals surface area contributed by atoms with Crippen molar-refractivity contribution in [2.45, 2.75) is 25.7 Å². The van der Waals surface area contributed by atoms with Crippen molar-refractivity contribution < 1.29 is 24.3 Å². The number of hydrogen-bond donors (Lipinski definition) is 1. The second kappa shape index (κ2) is 12.2. The fraction of sp³-hybridized carbons (Fsp3) is 0.480. The van der Waals surface area contributed by atoms with Gasteiger partial charge in [-0.25, -0.2) is 0 Å². The lowest BCUT2D eigenvalue weighted by molar-refractivity contribution is -0.880. The van der Waals surface area contributed by atoms with Gasteiger partial charge in [0.15, 0.2) is 6.61 Å². The van der Waals surface area contributed by atoms with Crippen LogP contribution in [0, 0.1) is 11.8 Å². The molecule has 1 unspecified atom stereocenters. The highest BCUT2D eigenvalue weighted by Crippen LogP contribution is 2.28. The van der Waals surface area contributed by atoms with Gasteiger partial charge in [0.1, 0.15) is 5.75 Å². The number of benzene rings is 1. The predicted octanol–water partition coefficient (Wildman–Crippen LogP) is 0.213. The van der Waals surface area contributed by atoms with E-state index in [-0.39, 0.29) is 30.8 Å². The molecule has 1 aliphatic heterocycles. The molecule has 0 radical (unpaired) electrons. The SMILES string of the molecule is C[NH+](CCc1ccccn1)CC[C@H]1CN(C(=O)COc2ccccc2)CC[C@H]1CC(=O)[O-]. The van der Waals surface area contributed by atoms with Gasteiger partial charge in [-0.15, -0.1) is 0 Å². The molecule has 1 aliphatic rings. The summed E-state index contributed by atoms with van der Waals surface area (Å²) in [7, 11) is 2.15. The lowest BCUT2D eigenvalue weighted by atomic mass is 9.81. The van der Waals surface area contributed by atoms with Gasteiger partial charge in [-0.05, 0) is 48.9 Å². The molecule has 1 amide bonds. The van der Waals surface area contributed by atoms with E-state index in [4.69, 9.17) is 4.74 Å². The highest BCUT2D eigenvalue weighted by atomic mass is 16.5. The minimum absolute atomic E-state index is 0.00286. The second-order valence-corrected chi connectivity index (χ2v) is 8.64. The van der Waals surface area contributed by atoms with Gasteiger partial charge in [0, 0.05) is 43.8 Å². The van der Waals surface area contributed by atoms with E-state index in [9.17, 15) is 14.7 Å². The zero-order chi connectivity index (χ0) is 22.8. The van der Waals surface area contributed by atoms with Crippen LogP contribution in [0.1, 0.15) is 25.0 Å². The van der Waals surface area contributed by atoms with Crippen LogP contribution in [0.2, 0.25) is 0 Å². The van der Waals surface area contributed by atoms with Crippen molar-refractivity contribution in [3.05, 3.63) is 60.4 Å². The zero-order valence-corrected chi connectivity index (χ0v) is 18.7. The van der Waals surface area contributed by atoms with Crippen molar-refractivity contribution in [2.75, 3.05) is 39.8 Å². The monoisotopic (exact) mass is 439 g/mol. The first-order valence-electron chi connectivity index (χ1n) is 11.4. The Bertz CT molecular complexity index is 847. The summed E-state index contributed by atoms with van der Waals surface area (Å²) in [5.74, 6) is -0.207. The minimum atomic E-state index is -1.01. The Morgan fingerprint density at radius 2 is 1.91 bits per heavy atom. The number of rotatable bonds is 11. The first-order chi connectivity index (χ1) is 15.5. The first-order valence-corrected chi connectivity index (χ1v) is 11.4. The highest BCUT2D eigenvalue weighted by molar-refractivity contribution is 5.78. The molecule has 0 saturated carbocycles. The average molecular weight is 440 g/mol. The molecule has 172 valence electrons. The highest BCUT2D eigenvalue weighted by Gasteiger charge is 2.32. The summed E-state index contributed by atoms with van der Waals surface area (Å²) in [4.78, 5) is 31.5. The number of carbonyl (C=O) groups excluding carboxylic acids is 2. The Labute approximate surface area is 190 Å². The predicted molar refractivity (Wildman–Crippen MR) is 119 cm³/mol. The Morgan fingerprint density at radius 3 is 2.62 bits per heavy atom. The molecule has 32 heavy (non-hydrogen) atoms. The molecule has 1 fully saturated rings. The largest absolute Gasteiger partial charge is 0.550 e. The van der Waals surface area contributed by atoms with Gasteiger partial charge in [0.05, 0.1) is 20.1 Å². The van der Waals surface area contributed by atoms with Crippen LogP contribution in [0.15, 0.2) is 54.7 Å². The number of ether oxygens (including phenoxy) is 1. The third kappa shape index (κ3) is 7.64. The normalized spacial score (nSPS) is 19.3. The third-order valence-electron chi connectivity index (χ3n) is 6.25. The molecule has 1 aromatic heterocycles. The van der Waals surface area contributed by atoms with Crippen LogP contribution in [0.4, 0.5) is 0 Å². The van der Waals surface area contributed by atoms with Crippen LogP contribution in [0.3, 0.4) is 0 Å². The van der Waals surface area contributed by atoms with Gasteiger partial charge in [0.2, 0.25) is 0 Å². The Morgan fingerprint density at radius 1 is 1.12 bits per heavy atom. The topological polar surface area (TPSA) is 87.0 Å². The summed E-state index contributed by atoms with van der Waals surface area (Å²) in [5.41, 5.74) is 1.08. The number of carbonyl (C=O) groups is 2. The lowest BCUT2D eigenvalue weighted by Gasteiger charge is -2.39. The molecule has 7 nitrogen and oxygen atoms in total. The molecular weight excluding hydrogens is 406 g/mol. The fourth-order valence-electron chi connectivity index (χ4n) is 4.31. The molecule has 1 saturated heterocycles. The van der Waals surface area contributed by atoms with Crippen LogP contribution in [-0.2, 0) is 16.0 Å². The maximum absolute atomic E-state index is 12.7. The quantitative estimate of drug-likeness (QED) is 0.541. The van der Waals surface area contributed by atoms with Crippen LogP contribution in [0.25, 0.3) is 0 Å². The van der Waals surface area contributed by atoms with E-state index < -0.39 is 5.97 Å². The number of hydrogen-bond acceptors (Lipinski definition) is 5. The van der Waals surface area contributed by atoms with E-state index in [0.29, 0.717) is 25.3 Å². The van der Waals surface area contributed by atoms with Crippen molar-refractivity contribution in [1.82, 2.24) is 9.88 Å². The summed E-state index contributed by atoms with van der Waals surface area (Å²) in [6, 6.07) is 15.2. The van der Waals surface area contributed by atoms with E-state index in [1.54, 1.807) is 0 Å². The van der Waals surface area contributed by atoms with Crippen molar-refractivity contribution in [1.29, 1.82) is 0 Å². The van der Waals surface area contributed by atoms with Crippen molar-refractivity contribution in [3.8, 4) is 5.75 Å². The summed E-state index contributed by atoms with van der Waals surface area (Å²) in [6.07, 6.45) is 4.32. The molecule has 0 bridgehead atoms. The van der Waals surface area contributed by atoms with Crippen molar-refractivity contribution in [3.63, 3.8) is 0 Å². The first kappa shape index (κ1) is 23.7. The molecule has 0 aliphatic carbocycles. The van der Waals surface area contributed by atoms with E-state index in [0.717, 1.165) is 31.6 Å². The van der Waals surface area contributed by atoms with Crippen molar-refractivity contribution in [2.24, 2.45) is 11.8 Å². The standard InChI is InChI=1S/C25H33N3O4/c1-27(15-12-22-7-5-6-13-26-22)14-10-21-18-28(16-11-20(21)17-25(30)31)24(29)19-32-23-8-3-2-4-9-23/h2-9,13,20-21H,10-12,14-19H2,1H3,(H,30,31)/t20-,21-/m0/s1. The number of aromatic nitrogens is 1. The molecule has 1 N–H and O–H groups in total. The molecule has 0 spiro atoms. The fourth-order valence-corrected chi connectivity index (χ4v) is 4.31. The zero-order valence-electron chi connectivity index (χ0n) is 18.7. The van der Waals surface area contributed by atoms with E-state index in [1.165, 1.54) is 4.90 Å². The van der Waals surface area contributed by atoms with Gasteiger partial charge < -0.3 is 24.4 Å². The van der Waals surface area contributed by atoms with Gasteiger partial charge in [-0.2, -0.15) is 0 Å². The minimum Gasteiger partial charge on any atom is -0.550 e. The number of pyridine rings is 1. The molecule has 3 atom stereocenters. The number of quaternary nitrogens is 1. The molecule has 2 aromatic rings. The number of nitrogens with zero attached hydrogens (tertiary/aromatic N) is 2. The maximum atomic E-state index is 12.7. The number of carboxylic acids is 1. The Hall–Kier alpha value is -2.93. The second-order valence-electron chi connectivity index (χ2n) is 8.64. The number of para-hydroxylation sites is 1. The summed E-state index contributed by atoms with van der Waals surface area (Å²) < 4.78 is 5.61. The Balaban J connectivity index is 1.50. The van der Waals surface area contributed by atoms with Gasteiger partial charge in [-0.1, -0.05) is 24.3 Å². The van der Waals surface area contributed by atoms with Crippen LogP contribution >= 0.6 is 0 Å². The number of nitrogens with one attached hydrogen (secondary N) is 1. The van der Waals surface area contributed by atoms with Crippen LogP contribution in [0.5, 0.6) is 5.75 Å². The number of piperidine rings is 1. The summed E-state index contributed by atoms with van der Waals surface area (Å²) >= 11 is 0. The number of amides is 1. The third-order valence-corrected chi connectivity index (χ3v) is 6.25. The Kier molecular flexibility index (Phi) is 9.04. The average Bonchev–Trinajstić information content (AvgIpc) is 2.81. The lowest BCUT2D eigenvalue weighted by Crippen LogP contribution is -3.09. The van der Waals surface area contributed by atoms with E-state index in [1.807, 2.05) is 59.6 Å². The molecule has 7 heteroatoms. The van der Waals surface area contributed by atoms with Gasteiger partial charge >= 0.3 is 0 Å². The molecule has 2 heterocycles. The summed E-state index contributed by atoms with van der Waals surface area (Å²) in [6.45, 7) is 3.01. The van der Waals surface area contributed by atoms with Crippen LogP contribution < -0.4 is 14.7 Å². The molecule has 1 aromatic carbocycles. The van der Waals surface area contributed by atoms with Crippen molar-refractivity contribution >= 4 is 11.9 Å². The van der Waals surface area contributed by atoms with E-state index in [2.05, 4.69) is 12.0 Å². The number of likely N-dealkylation sites (tertiary alicyclic amines) is 1. The van der Waals surface area contributed by atoms with Crippen LogP contribution in [-0.4, -0.2) is 61.6 Å². The number of likely N-dealkylation sites (N-methyl/N-ethyl adjacent to an activating group) is 1. The number of aliphatic carboxylic acids is 1. The van der Waals surface area contributed by atoms with E-state index >= 15 is 0 Å².